The lowest BCUT2D eigenvalue weighted by Crippen LogP contribution is -2.73. The number of piperidine rings is 1. The van der Waals surface area contributed by atoms with Crippen LogP contribution in [0.25, 0.3) is 0 Å². The van der Waals surface area contributed by atoms with E-state index in [0.717, 1.165) is 37.9 Å². The second-order valence-electron chi connectivity index (χ2n) is 11.9. The van der Waals surface area contributed by atoms with E-state index in [4.69, 9.17) is 11.5 Å². The van der Waals surface area contributed by atoms with Gasteiger partial charge in [0.25, 0.3) is 0 Å². The number of rotatable bonds is 14. The first-order valence-corrected chi connectivity index (χ1v) is 14.7. The van der Waals surface area contributed by atoms with Gasteiger partial charge in [-0.05, 0) is 76.1 Å². The van der Waals surface area contributed by atoms with Gasteiger partial charge in [0.15, 0.2) is 5.78 Å². The smallest absolute Gasteiger partial charge is 0.243 e. The number of ketones is 1. The van der Waals surface area contributed by atoms with E-state index in [1.54, 1.807) is 4.90 Å². The maximum Gasteiger partial charge on any atom is 0.243 e. The Balaban J connectivity index is 1.75. The van der Waals surface area contributed by atoms with Gasteiger partial charge in [0.05, 0.1) is 18.1 Å². The number of carbonyl (C=O) groups excluding carboxylic acids is 4. The van der Waals surface area contributed by atoms with Gasteiger partial charge in [-0.25, -0.2) is 0 Å². The van der Waals surface area contributed by atoms with Crippen LogP contribution in [0.5, 0.6) is 0 Å². The Morgan fingerprint density at radius 1 is 1.02 bits per heavy atom. The number of nitrogens with zero attached hydrogens (tertiary/aromatic N) is 1. The lowest BCUT2D eigenvalue weighted by molar-refractivity contribution is -0.167. The first kappa shape index (κ1) is 31.7. The minimum atomic E-state index is -0.836. The van der Waals surface area contributed by atoms with Crippen LogP contribution in [0.3, 0.4) is 0 Å². The predicted octanol–water partition coefficient (Wildman–Crippen LogP) is 0.871. The second kappa shape index (κ2) is 14.7. The molecule has 2 saturated heterocycles. The molecule has 3 amide bonds. The molecule has 0 bridgehead atoms. The highest BCUT2D eigenvalue weighted by Gasteiger charge is 2.58. The van der Waals surface area contributed by atoms with E-state index in [1.165, 1.54) is 6.92 Å². The summed E-state index contributed by atoms with van der Waals surface area (Å²) in [6.45, 7) is 8.08. The van der Waals surface area contributed by atoms with Gasteiger partial charge < -0.3 is 32.3 Å². The summed E-state index contributed by atoms with van der Waals surface area (Å²) in [6, 6.07) is 6.50. The summed E-state index contributed by atoms with van der Waals surface area (Å²) in [6.07, 6.45) is 4.17. The van der Waals surface area contributed by atoms with Gasteiger partial charge >= 0.3 is 0 Å². The van der Waals surface area contributed by atoms with Gasteiger partial charge in [0, 0.05) is 18.9 Å². The van der Waals surface area contributed by atoms with E-state index in [0.29, 0.717) is 38.8 Å². The fraction of sp³-hybridized carbons (Fsp3) is 0.667. The predicted molar refractivity (Wildman–Crippen MR) is 155 cm³/mol. The second-order valence-corrected chi connectivity index (χ2v) is 11.9. The topological polar surface area (TPSA) is 160 Å². The fourth-order valence-electron chi connectivity index (χ4n) is 6.02. The molecular weight excluding hydrogens is 508 g/mol. The molecule has 0 aromatic heterocycles. The molecule has 2 aliphatic heterocycles. The number of nitrogens with one attached hydrogen (secondary N) is 3. The summed E-state index contributed by atoms with van der Waals surface area (Å²) in [5, 5.41) is 9.15. The van der Waals surface area contributed by atoms with Crippen molar-refractivity contribution in [3.05, 3.63) is 35.9 Å². The molecule has 0 saturated carbocycles. The number of Topliss-reactive ketones (excluding diaryl/α,β-unsaturated/α-hetero) is 1. The van der Waals surface area contributed by atoms with E-state index in [2.05, 4.69) is 16.0 Å². The molecule has 3 rings (SSSR count). The maximum absolute atomic E-state index is 14.1. The molecule has 7 N–H and O–H groups in total. The van der Waals surface area contributed by atoms with Crippen molar-refractivity contribution >= 4 is 23.5 Å². The van der Waals surface area contributed by atoms with E-state index < -0.39 is 36.0 Å². The Morgan fingerprint density at radius 3 is 2.27 bits per heavy atom. The van der Waals surface area contributed by atoms with E-state index in [-0.39, 0.29) is 23.0 Å². The molecule has 1 aromatic rings. The summed E-state index contributed by atoms with van der Waals surface area (Å²) < 4.78 is 0. The van der Waals surface area contributed by atoms with Crippen LogP contribution in [0.2, 0.25) is 0 Å². The molecule has 2 fully saturated rings. The van der Waals surface area contributed by atoms with Crippen molar-refractivity contribution in [3.63, 3.8) is 0 Å². The lowest BCUT2D eigenvalue weighted by Gasteiger charge is -2.58. The summed E-state index contributed by atoms with van der Waals surface area (Å²) in [7, 11) is 0. The Hall–Kier alpha value is -2.82. The number of carbonyl (C=O) groups is 4. The maximum atomic E-state index is 14.1. The molecule has 1 unspecified atom stereocenters. The number of amides is 3. The average Bonchev–Trinajstić information content (AvgIpc) is 2.91. The summed E-state index contributed by atoms with van der Waals surface area (Å²) in [4.78, 5) is 54.7. The van der Waals surface area contributed by atoms with Gasteiger partial charge in [-0.3, -0.25) is 19.2 Å². The largest absolute Gasteiger partial charge is 0.344 e. The van der Waals surface area contributed by atoms with Crippen LogP contribution in [0.4, 0.5) is 0 Å². The molecule has 2 heterocycles. The SMILES string of the molecule is CC(=O)N1CC2(CCNCC2)C1C(=O)[C@@H](CCCCN)NC(=O)[C@@H](CC(C)C)NC(=O)[C@H](N)Cc1ccccc1. The number of hydrogen-bond donors (Lipinski definition) is 5. The monoisotopic (exact) mass is 556 g/mol. The van der Waals surface area contributed by atoms with Crippen molar-refractivity contribution in [2.45, 2.75) is 89.9 Å². The van der Waals surface area contributed by atoms with Crippen molar-refractivity contribution in [1.29, 1.82) is 0 Å². The summed E-state index contributed by atoms with van der Waals surface area (Å²) >= 11 is 0. The van der Waals surface area contributed by atoms with Gasteiger partial charge in [-0.2, -0.15) is 0 Å². The van der Waals surface area contributed by atoms with E-state index in [9.17, 15) is 19.2 Å². The molecule has 4 atom stereocenters. The van der Waals surface area contributed by atoms with Crippen LogP contribution in [0.15, 0.2) is 30.3 Å². The summed E-state index contributed by atoms with van der Waals surface area (Å²) in [5.74, 6) is -0.971. The van der Waals surface area contributed by atoms with Crippen molar-refractivity contribution in [1.82, 2.24) is 20.9 Å². The molecule has 2 aliphatic rings. The van der Waals surface area contributed by atoms with Crippen LogP contribution in [0, 0.1) is 11.3 Å². The molecule has 10 heteroatoms. The number of nitrogens with two attached hydrogens (primary N) is 2. The average molecular weight is 557 g/mol. The number of unbranched alkanes of at least 4 members (excludes halogenated alkanes) is 1. The minimum Gasteiger partial charge on any atom is -0.344 e. The first-order chi connectivity index (χ1) is 19.1. The van der Waals surface area contributed by atoms with Gasteiger partial charge in [0.2, 0.25) is 17.7 Å². The standard InChI is InChI=1S/C30H48N6O4/c1-20(2)17-25(35-28(39)23(32)18-22-9-5-4-6-10-22)29(40)34-24(11-7-8-14-31)26(38)27-30(12-15-33-16-13-30)19-36(27)21(3)37/h4-6,9-10,20,23-25,27,33H,7-8,11-19,31-32H2,1-3H3,(H,34,40)(H,35,39)/t23-,24-,25-,27?/m1/s1. The third kappa shape index (κ3) is 8.11. The third-order valence-electron chi connectivity index (χ3n) is 8.23. The molecule has 1 spiro atoms. The van der Waals surface area contributed by atoms with Crippen molar-refractivity contribution < 1.29 is 19.2 Å². The number of likely N-dealkylation sites (tertiary alicyclic amines) is 1. The highest BCUT2D eigenvalue weighted by atomic mass is 16.2. The number of benzene rings is 1. The molecule has 10 nitrogen and oxygen atoms in total. The van der Waals surface area contributed by atoms with E-state index >= 15 is 0 Å². The normalized spacial score (nSPS) is 20.4. The van der Waals surface area contributed by atoms with Crippen LogP contribution in [-0.2, 0) is 25.6 Å². The Labute approximate surface area is 238 Å². The zero-order valence-corrected chi connectivity index (χ0v) is 24.3. The Bertz CT molecular complexity index is 1010. The zero-order valence-electron chi connectivity index (χ0n) is 24.3. The van der Waals surface area contributed by atoms with Crippen LogP contribution >= 0.6 is 0 Å². The fourth-order valence-corrected chi connectivity index (χ4v) is 6.02. The molecule has 40 heavy (non-hydrogen) atoms. The Morgan fingerprint density at radius 2 is 1.68 bits per heavy atom. The van der Waals surface area contributed by atoms with Crippen molar-refractivity contribution in [3.8, 4) is 0 Å². The molecule has 0 aliphatic carbocycles. The van der Waals surface area contributed by atoms with Crippen molar-refractivity contribution in [2.24, 2.45) is 22.8 Å². The van der Waals surface area contributed by atoms with Crippen molar-refractivity contribution in [2.75, 3.05) is 26.2 Å². The van der Waals surface area contributed by atoms with Gasteiger partial charge in [-0.1, -0.05) is 44.2 Å². The first-order valence-electron chi connectivity index (χ1n) is 14.7. The van der Waals surface area contributed by atoms with Crippen LogP contribution in [0.1, 0.15) is 64.9 Å². The van der Waals surface area contributed by atoms with E-state index in [1.807, 2.05) is 44.2 Å². The zero-order chi connectivity index (χ0) is 29.3. The van der Waals surface area contributed by atoms with Crippen LogP contribution < -0.4 is 27.4 Å². The third-order valence-corrected chi connectivity index (χ3v) is 8.23. The highest BCUT2D eigenvalue weighted by Crippen LogP contribution is 2.46. The van der Waals surface area contributed by atoms with Crippen LogP contribution in [-0.4, -0.2) is 78.8 Å². The lowest BCUT2D eigenvalue weighted by atomic mass is 9.63. The Kier molecular flexibility index (Phi) is 11.7. The highest BCUT2D eigenvalue weighted by molar-refractivity contribution is 5.98. The molecule has 1 aromatic carbocycles. The molecular formula is C30H48N6O4. The molecule has 0 radical (unpaired) electrons. The minimum absolute atomic E-state index is 0.116. The molecule has 222 valence electrons. The quantitative estimate of drug-likeness (QED) is 0.213. The summed E-state index contributed by atoms with van der Waals surface area (Å²) in [5.41, 5.74) is 12.6. The van der Waals surface area contributed by atoms with Gasteiger partial charge in [0.1, 0.15) is 6.04 Å². The number of hydrogen-bond acceptors (Lipinski definition) is 7. The van der Waals surface area contributed by atoms with Gasteiger partial charge in [-0.15, -0.1) is 0 Å².